The van der Waals surface area contributed by atoms with Crippen LogP contribution >= 0.6 is 0 Å². The fraction of sp³-hybridized carbons (Fsp3) is 0.267. The molecular formula is C15H16F2N2. The van der Waals surface area contributed by atoms with E-state index in [1.165, 1.54) is 6.07 Å². The largest absolute Gasteiger partial charge is 0.305 e. The van der Waals surface area contributed by atoms with Crippen molar-refractivity contribution in [1.82, 2.24) is 10.3 Å². The minimum absolute atomic E-state index is 0.235. The normalized spacial score (nSPS) is 12.4. The highest BCUT2D eigenvalue weighted by Gasteiger charge is 2.17. The van der Waals surface area contributed by atoms with Gasteiger partial charge >= 0.3 is 0 Å². The molecule has 0 spiro atoms. The van der Waals surface area contributed by atoms with Crippen molar-refractivity contribution in [1.29, 1.82) is 0 Å². The van der Waals surface area contributed by atoms with Crippen molar-refractivity contribution in [2.75, 3.05) is 6.54 Å². The van der Waals surface area contributed by atoms with Crippen molar-refractivity contribution >= 4 is 0 Å². The first-order chi connectivity index (χ1) is 9.13. The maximum atomic E-state index is 13.4. The molecule has 1 unspecified atom stereocenters. The highest BCUT2D eigenvalue weighted by molar-refractivity contribution is 5.32. The summed E-state index contributed by atoms with van der Waals surface area (Å²) in [5, 5.41) is 3.25. The molecule has 0 saturated carbocycles. The molecule has 0 saturated heterocycles. The number of nitrogens with zero attached hydrogens (tertiary/aromatic N) is 1. The monoisotopic (exact) mass is 262 g/mol. The highest BCUT2D eigenvalue weighted by Crippen LogP contribution is 2.24. The van der Waals surface area contributed by atoms with E-state index in [2.05, 4.69) is 10.3 Å². The van der Waals surface area contributed by atoms with Crippen LogP contribution in [0.5, 0.6) is 0 Å². The first kappa shape index (κ1) is 13.6. The average Bonchev–Trinajstić information content (AvgIpc) is 2.40. The molecule has 2 rings (SSSR count). The summed E-state index contributed by atoms with van der Waals surface area (Å²) in [4.78, 5) is 4.35. The van der Waals surface area contributed by atoms with Crippen molar-refractivity contribution in [3.8, 4) is 0 Å². The molecule has 19 heavy (non-hydrogen) atoms. The van der Waals surface area contributed by atoms with Gasteiger partial charge in [0.2, 0.25) is 0 Å². The molecule has 1 atom stereocenters. The first-order valence-corrected chi connectivity index (χ1v) is 6.23. The second kappa shape index (κ2) is 5.89. The van der Waals surface area contributed by atoms with Gasteiger partial charge in [-0.15, -0.1) is 0 Å². The van der Waals surface area contributed by atoms with E-state index < -0.39 is 11.6 Å². The standard InChI is InChI=1S/C15H16F2N2/c1-3-18-15(14-10(2)5-4-8-19-14)11-6-7-12(16)13(17)9-11/h4-9,15,18H,3H2,1-2H3. The predicted molar refractivity (Wildman–Crippen MR) is 70.9 cm³/mol. The van der Waals surface area contributed by atoms with Gasteiger partial charge in [0.1, 0.15) is 0 Å². The minimum atomic E-state index is -0.839. The fourth-order valence-corrected chi connectivity index (χ4v) is 2.07. The number of aromatic nitrogens is 1. The molecule has 2 aromatic rings. The number of nitrogens with one attached hydrogen (secondary N) is 1. The molecule has 0 aliphatic rings. The summed E-state index contributed by atoms with van der Waals surface area (Å²) in [5.41, 5.74) is 2.51. The molecule has 1 aromatic carbocycles. The van der Waals surface area contributed by atoms with Gasteiger partial charge in [-0.05, 0) is 42.8 Å². The summed E-state index contributed by atoms with van der Waals surface area (Å²) in [7, 11) is 0. The van der Waals surface area contributed by atoms with Gasteiger partial charge in [0.05, 0.1) is 11.7 Å². The number of hydrogen-bond donors (Lipinski definition) is 1. The van der Waals surface area contributed by atoms with E-state index in [4.69, 9.17) is 0 Å². The third-order valence-corrected chi connectivity index (χ3v) is 3.01. The Morgan fingerprint density at radius 3 is 2.63 bits per heavy atom. The van der Waals surface area contributed by atoms with Gasteiger partial charge in [-0.25, -0.2) is 8.78 Å². The van der Waals surface area contributed by atoms with Crippen molar-refractivity contribution in [2.24, 2.45) is 0 Å². The lowest BCUT2D eigenvalue weighted by atomic mass is 9.99. The molecule has 100 valence electrons. The van der Waals surface area contributed by atoms with Crippen LogP contribution in [-0.2, 0) is 0 Å². The molecule has 1 N–H and O–H groups in total. The van der Waals surface area contributed by atoms with Crippen LogP contribution in [-0.4, -0.2) is 11.5 Å². The van der Waals surface area contributed by atoms with Gasteiger partial charge in [-0.2, -0.15) is 0 Å². The van der Waals surface area contributed by atoms with Crippen LogP contribution in [0, 0.1) is 18.6 Å². The second-order valence-corrected chi connectivity index (χ2v) is 4.37. The van der Waals surface area contributed by atoms with Gasteiger partial charge in [-0.1, -0.05) is 19.1 Å². The maximum Gasteiger partial charge on any atom is 0.159 e. The lowest BCUT2D eigenvalue weighted by Crippen LogP contribution is -2.24. The Hall–Kier alpha value is -1.81. The third-order valence-electron chi connectivity index (χ3n) is 3.01. The Kier molecular flexibility index (Phi) is 4.22. The molecule has 0 radical (unpaired) electrons. The summed E-state index contributed by atoms with van der Waals surface area (Å²) in [6, 6.07) is 7.52. The summed E-state index contributed by atoms with van der Waals surface area (Å²) >= 11 is 0. The molecule has 2 nitrogen and oxygen atoms in total. The van der Waals surface area contributed by atoms with E-state index in [0.717, 1.165) is 17.3 Å². The van der Waals surface area contributed by atoms with E-state index in [0.29, 0.717) is 12.1 Å². The van der Waals surface area contributed by atoms with Crippen molar-refractivity contribution in [3.05, 3.63) is 65.0 Å². The molecule has 4 heteroatoms. The smallest absolute Gasteiger partial charge is 0.159 e. The number of hydrogen-bond acceptors (Lipinski definition) is 2. The second-order valence-electron chi connectivity index (χ2n) is 4.37. The van der Waals surface area contributed by atoms with Crippen LogP contribution in [0.25, 0.3) is 0 Å². The maximum absolute atomic E-state index is 13.4. The van der Waals surface area contributed by atoms with Gasteiger partial charge in [0, 0.05) is 6.20 Å². The van der Waals surface area contributed by atoms with Crippen molar-refractivity contribution < 1.29 is 8.78 Å². The lowest BCUT2D eigenvalue weighted by Gasteiger charge is -2.19. The Balaban J connectivity index is 2.45. The van der Waals surface area contributed by atoms with Crippen LogP contribution in [0.4, 0.5) is 8.78 Å². The van der Waals surface area contributed by atoms with E-state index in [1.807, 2.05) is 26.0 Å². The zero-order chi connectivity index (χ0) is 13.8. The van der Waals surface area contributed by atoms with Crippen LogP contribution in [0.3, 0.4) is 0 Å². The molecule has 0 aliphatic carbocycles. The zero-order valence-electron chi connectivity index (χ0n) is 11.0. The minimum Gasteiger partial charge on any atom is -0.305 e. The molecule has 0 bridgehead atoms. The lowest BCUT2D eigenvalue weighted by molar-refractivity contribution is 0.503. The van der Waals surface area contributed by atoms with E-state index >= 15 is 0 Å². The number of rotatable bonds is 4. The Bertz CT molecular complexity index is 570. The van der Waals surface area contributed by atoms with Crippen molar-refractivity contribution in [3.63, 3.8) is 0 Å². The SMILES string of the molecule is CCNC(c1ccc(F)c(F)c1)c1ncccc1C. The number of benzene rings is 1. The molecule has 1 heterocycles. The van der Waals surface area contributed by atoms with Crippen LogP contribution in [0.1, 0.15) is 29.8 Å². The van der Waals surface area contributed by atoms with Gasteiger partial charge in [0.25, 0.3) is 0 Å². The zero-order valence-corrected chi connectivity index (χ0v) is 11.0. The van der Waals surface area contributed by atoms with Crippen LogP contribution in [0.2, 0.25) is 0 Å². The van der Waals surface area contributed by atoms with Crippen molar-refractivity contribution in [2.45, 2.75) is 19.9 Å². The average molecular weight is 262 g/mol. The summed E-state index contributed by atoms with van der Waals surface area (Å²) in [6.07, 6.45) is 1.70. The molecule has 1 aromatic heterocycles. The molecule has 0 aliphatic heterocycles. The van der Waals surface area contributed by atoms with Gasteiger partial charge in [-0.3, -0.25) is 4.98 Å². The van der Waals surface area contributed by atoms with E-state index in [1.54, 1.807) is 12.3 Å². The summed E-state index contributed by atoms with van der Waals surface area (Å²) < 4.78 is 26.4. The molecular weight excluding hydrogens is 246 g/mol. The fourth-order valence-electron chi connectivity index (χ4n) is 2.07. The topological polar surface area (TPSA) is 24.9 Å². The predicted octanol–water partition coefficient (Wildman–Crippen LogP) is 3.37. The van der Waals surface area contributed by atoms with Gasteiger partial charge < -0.3 is 5.32 Å². The van der Waals surface area contributed by atoms with E-state index in [9.17, 15) is 8.78 Å². The first-order valence-electron chi connectivity index (χ1n) is 6.23. The van der Waals surface area contributed by atoms with Crippen LogP contribution < -0.4 is 5.32 Å². The van der Waals surface area contributed by atoms with Crippen LogP contribution in [0.15, 0.2) is 36.5 Å². The Morgan fingerprint density at radius 1 is 1.21 bits per heavy atom. The summed E-state index contributed by atoms with van der Waals surface area (Å²) in [5.74, 6) is -1.68. The Morgan fingerprint density at radius 2 is 2.00 bits per heavy atom. The summed E-state index contributed by atoms with van der Waals surface area (Å²) in [6.45, 7) is 4.62. The quantitative estimate of drug-likeness (QED) is 0.913. The molecule has 0 fully saturated rings. The van der Waals surface area contributed by atoms with Gasteiger partial charge in [0.15, 0.2) is 11.6 Å². The number of halogens is 2. The Labute approximate surface area is 111 Å². The van der Waals surface area contributed by atoms with E-state index in [-0.39, 0.29) is 6.04 Å². The molecule has 0 amide bonds. The number of aryl methyl sites for hydroxylation is 1. The number of pyridine rings is 1. The highest BCUT2D eigenvalue weighted by atomic mass is 19.2. The third kappa shape index (κ3) is 2.96.